The molecule has 32 heavy (non-hydrogen) atoms. The number of aromatic amines is 2. The minimum atomic E-state index is 1.01. The zero-order chi connectivity index (χ0) is 21.8. The van der Waals surface area contributed by atoms with Crippen molar-refractivity contribution in [2.45, 2.75) is 22.6 Å². The predicted molar refractivity (Wildman–Crippen MR) is 140 cm³/mol. The average molecular weight is 459 g/mol. The monoisotopic (exact) mass is 458 g/mol. The van der Waals surface area contributed by atoms with E-state index in [1.165, 1.54) is 22.6 Å². The molecule has 4 nitrogen and oxygen atoms in total. The van der Waals surface area contributed by atoms with Gasteiger partial charge in [-0.25, -0.2) is 0 Å². The molecule has 0 saturated heterocycles. The van der Waals surface area contributed by atoms with Crippen molar-refractivity contribution >= 4 is 47.3 Å². The van der Waals surface area contributed by atoms with Crippen LogP contribution in [0, 0.1) is 0 Å². The van der Waals surface area contributed by atoms with Crippen LogP contribution in [0.5, 0.6) is 0 Å². The molecule has 0 radical (unpaired) electrons. The van der Waals surface area contributed by atoms with Gasteiger partial charge in [0.15, 0.2) is 0 Å². The molecule has 0 aliphatic heterocycles. The molecule has 0 atom stereocenters. The van der Waals surface area contributed by atoms with Crippen molar-refractivity contribution in [1.82, 2.24) is 9.97 Å². The fourth-order valence-corrected chi connectivity index (χ4v) is 5.09. The van der Waals surface area contributed by atoms with Gasteiger partial charge in [-0.05, 0) is 72.9 Å². The number of nitrogens with zero attached hydrogens (tertiary/aromatic N) is 2. The van der Waals surface area contributed by atoms with Crippen LogP contribution in [0.15, 0.2) is 105 Å². The molecular formula is C26H26N4S2. The van der Waals surface area contributed by atoms with Crippen molar-refractivity contribution in [3.8, 4) is 0 Å². The Morgan fingerprint density at radius 3 is 1.50 bits per heavy atom. The highest BCUT2D eigenvalue weighted by Gasteiger charge is 2.03. The van der Waals surface area contributed by atoms with Gasteiger partial charge in [-0.3, -0.25) is 9.98 Å². The molecule has 0 aliphatic carbocycles. The number of nitrogens with one attached hydrogen (secondary N) is 2. The minimum absolute atomic E-state index is 1.01. The lowest BCUT2D eigenvalue weighted by Crippen LogP contribution is -1.86. The molecule has 0 unspecified atom stereocenters. The summed E-state index contributed by atoms with van der Waals surface area (Å²) in [5, 5.41) is 0. The molecule has 2 N–H and O–H groups in total. The fraction of sp³-hybridized carbons (Fsp3) is 0.154. The summed E-state index contributed by atoms with van der Waals surface area (Å²) in [7, 11) is 0. The number of hydrogen-bond acceptors (Lipinski definition) is 4. The maximum absolute atomic E-state index is 4.65. The maximum atomic E-state index is 4.65. The SMILES string of the molecule is C(=Nc1ccccc1SCCCCSc1ccccc1N=Cc1ccc[nH]1)c1ccc[nH]1. The molecule has 4 rings (SSSR count). The van der Waals surface area contributed by atoms with Gasteiger partial charge in [0.05, 0.1) is 35.2 Å². The van der Waals surface area contributed by atoms with E-state index in [1.54, 1.807) is 0 Å². The first-order chi connectivity index (χ1) is 15.9. The number of benzene rings is 2. The molecule has 162 valence electrons. The lowest BCUT2D eigenvalue weighted by atomic mass is 10.3. The topological polar surface area (TPSA) is 56.3 Å². The van der Waals surface area contributed by atoms with Gasteiger partial charge in [0.1, 0.15) is 0 Å². The molecule has 4 aromatic rings. The van der Waals surface area contributed by atoms with Gasteiger partial charge in [-0.1, -0.05) is 24.3 Å². The van der Waals surface area contributed by atoms with Gasteiger partial charge < -0.3 is 9.97 Å². The minimum Gasteiger partial charge on any atom is -0.360 e. The van der Waals surface area contributed by atoms with E-state index in [0.717, 1.165) is 34.3 Å². The van der Waals surface area contributed by atoms with Crippen LogP contribution in [0.3, 0.4) is 0 Å². The molecule has 0 saturated carbocycles. The Morgan fingerprint density at radius 1 is 0.594 bits per heavy atom. The maximum Gasteiger partial charge on any atom is 0.0766 e. The quantitative estimate of drug-likeness (QED) is 0.139. The van der Waals surface area contributed by atoms with E-state index in [-0.39, 0.29) is 0 Å². The molecule has 0 amide bonds. The number of rotatable bonds is 11. The second kappa shape index (κ2) is 12.2. The molecule has 0 spiro atoms. The highest BCUT2D eigenvalue weighted by molar-refractivity contribution is 7.99. The Labute approximate surface area is 197 Å². The average Bonchev–Trinajstić information content (AvgIpc) is 3.54. The van der Waals surface area contributed by atoms with Crippen molar-refractivity contribution in [2.24, 2.45) is 9.98 Å². The van der Waals surface area contributed by atoms with Crippen LogP contribution >= 0.6 is 23.5 Å². The molecule has 2 heterocycles. The molecule has 2 aromatic carbocycles. The van der Waals surface area contributed by atoms with Crippen LogP contribution in [0.4, 0.5) is 11.4 Å². The highest BCUT2D eigenvalue weighted by atomic mass is 32.2. The molecule has 2 aromatic heterocycles. The summed E-state index contributed by atoms with van der Waals surface area (Å²) in [6.45, 7) is 0. The van der Waals surface area contributed by atoms with Gasteiger partial charge >= 0.3 is 0 Å². The lowest BCUT2D eigenvalue weighted by Gasteiger charge is -2.07. The van der Waals surface area contributed by atoms with Crippen LogP contribution in [-0.4, -0.2) is 33.9 Å². The first kappa shape index (κ1) is 22.2. The Balaban J connectivity index is 1.23. The van der Waals surface area contributed by atoms with E-state index in [4.69, 9.17) is 0 Å². The molecule has 6 heteroatoms. The molecule has 0 fully saturated rings. The first-order valence-corrected chi connectivity index (χ1v) is 12.6. The zero-order valence-electron chi connectivity index (χ0n) is 17.8. The van der Waals surface area contributed by atoms with E-state index in [1.807, 2.05) is 84.7 Å². The van der Waals surface area contributed by atoms with Crippen LogP contribution in [0.25, 0.3) is 0 Å². The first-order valence-electron chi connectivity index (χ1n) is 10.7. The zero-order valence-corrected chi connectivity index (χ0v) is 19.4. The van der Waals surface area contributed by atoms with Gasteiger partial charge in [-0.2, -0.15) is 0 Å². The second-order valence-electron chi connectivity index (χ2n) is 7.11. The van der Waals surface area contributed by atoms with Gasteiger partial charge in [0.2, 0.25) is 0 Å². The highest BCUT2D eigenvalue weighted by Crippen LogP contribution is 2.32. The van der Waals surface area contributed by atoms with E-state index in [2.05, 4.69) is 56.4 Å². The standard InChI is InChI=1S/C26H26N4S2/c1-3-13-25(23(11-1)29-19-21-9-7-15-27-21)31-17-5-6-18-32-26-14-4-2-12-24(26)30-20-22-10-8-16-28-22/h1-4,7-16,19-20,27-28H,5-6,17-18H2. The number of H-pyrrole nitrogens is 2. The van der Waals surface area contributed by atoms with Crippen LogP contribution in [-0.2, 0) is 0 Å². The van der Waals surface area contributed by atoms with E-state index < -0.39 is 0 Å². The molecule has 0 aliphatic rings. The van der Waals surface area contributed by atoms with E-state index >= 15 is 0 Å². The normalized spacial score (nSPS) is 11.6. The van der Waals surface area contributed by atoms with Crippen molar-refractivity contribution in [1.29, 1.82) is 0 Å². The van der Waals surface area contributed by atoms with Crippen LogP contribution in [0.1, 0.15) is 24.2 Å². The van der Waals surface area contributed by atoms with Crippen LogP contribution in [0.2, 0.25) is 0 Å². The Bertz CT molecular complexity index is 1040. The van der Waals surface area contributed by atoms with Gasteiger partial charge in [-0.15, -0.1) is 23.5 Å². The Hall–Kier alpha value is -2.96. The Morgan fingerprint density at radius 2 is 1.06 bits per heavy atom. The molecule has 0 bridgehead atoms. The van der Waals surface area contributed by atoms with Crippen molar-refractivity contribution in [3.63, 3.8) is 0 Å². The summed E-state index contributed by atoms with van der Waals surface area (Å²) in [6.07, 6.45) is 9.91. The van der Waals surface area contributed by atoms with E-state index in [9.17, 15) is 0 Å². The van der Waals surface area contributed by atoms with Crippen molar-refractivity contribution in [2.75, 3.05) is 11.5 Å². The molecular weight excluding hydrogens is 432 g/mol. The Kier molecular flexibility index (Phi) is 8.46. The van der Waals surface area contributed by atoms with Crippen LogP contribution < -0.4 is 0 Å². The predicted octanol–water partition coefficient (Wildman–Crippen LogP) is 7.51. The number of hydrogen-bond donors (Lipinski definition) is 2. The lowest BCUT2D eigenvalue weighted by molar-refractivity contribution is 0.907. The number of aromatic nitrogens is 2. The summed E-state index contributed by atoms with van der Waals surface area (Å²) in [4.78, 5) is 18.1. The number of unbranched alkanes of at least 4 members (excludes halogenated alkanes) is 1. The number of para-hydroxylation sites is 2. The third kappa shape index (κ3) is 6.77. The van der Waals surface area contributed by atoms with Gasteiger partial charge in [0.25, 0.3) is 0 Å². The summed E-state index contributed by atoms with van der Waals surface area (Å²) >= 11 is 3.76. The number of thioether (sulfide) groups is 2. The fourth-order valence-electron chi connectivity index (χ4n) is 3.07. The second-order valence-corrected chi connectivity index (χ2v) is 9.38. The largest absolute Gasteiger partial charge is 0.360 e. The third-order valence-electron chi connectivity index (χ3n) is 4.71. The third-order valence-corrected chi connectivity index (χ3v) is 7.01. The van der Waals surface area contributed by atoms with Crippen molar-refractivity contribution < 1.29 is 0 Å². The summed E-state index contributed by atoms with van der Waals surface area (Å²) in [5.41, 5.74) is 4.07. The van der Waals surface area contributed by atoms with Crippen molar-refractivity contribution in [3.05, 3.63) is 96.6 Å². The summed E-state index contributed by atoms with van der Waals surface area (Å²) in [5.74, 6) is 2.17. The van der Waals surface area contributed by atoms with E-state index in [0.29, 0.717) is 0 Å². The summed E-state index contributed by atoms with van der Waals surface area (Å²) < 4.78 is 0. The summed E-state index contributed by atoms with van der Waals surface area (Å²) in [6, 6.07) is 24.7. The number of aliphatic imine (C=N–C) groups is 2. The smallest absolute Gasteiger partial charge is 0.0766 e. The van der Waals surface area contributed by atoms with Gasteiger partial charge in [0, 0.05) is 22.2 Å².